The summed E-state index contributed by atoms with van der Waals surface area (Å²) in [4.78, 5) is 22.4. The van der Waals surface area contributed by atoms with Crippen LogP contribution in [0.3, 0.4) is 0 Å². The van der Waals surface area contributed by atoms with Gasteiger partial charge in [0.25, 0.3) is 10.0 Å². The number of carbonyl (C=O) groups is 2. The van der Waals surface area contributed by atoms with E-state index in [9.17, 15) is 18.0 Å². The minimum atomic E-state index is -3.97. The Morgan fingerprint density at radius 2 is 1.74 bits per heavy atom. The summed E-state index contributed by atoms with van der Waals surface area (Å²) in [6.07, 6.45) is 0.720. The minimum absolute atomic E-state index is 0.158. The van der Waals surface area contributed by atoms with Gasteiger partial charge < -0.3 is 9.47 Å². The van der Waals surface area contributed by atoms with Crippen LogP contribution in [-0.2, 0) is 19.5 Å². The maximum atomic E-state index is 11.9. The quantitative estimate of drug-likeness (QED) is 0.584. The predicted molar refractivity (Wildman–Crippen MR) is 67.7 cm³/mol. The van der Waals surface area contributed by atoms with Crippen LogP contribution < -0.4 is 5.43 Å². The van der Waals surface area contributed by atoms with Crippen molar-refractivity contribution in [2.75, 3.05) is 20.0 Å². The summed E-state index contributed by atoms with van der Waals surface area (Å²) in [6.45, 7) is 1.99. The third kappa shape index (κ3) is 6.27. The summed E-state index contributed by atoms with van der Waals surface area (Å²) in [5, 5.41) is 0. The van der Waals surface area contributed by atoms with Crippen molar-refractivity contribution in [3.05, 3.63) is 0 Å². The summed E-state index contributed by atoms with van der Waals surface area (Å²) in [6, 6.07) is 0. The molecule has 0 radical (unpaired) electrons. The van der Waals surface area contributed by atoms with Gasteiger partial charge >= 0.3 is 12.2 Å². The van der Waals surface area contributed by atoms with Crippen molar-refractivity contribution in [2.45, 2.75) is 32.6 Å². The molecular formula is C10H20N2O6S. The number of hydrazine groups is 1. The zero-order chi connectivity index (χ0) is 14.9. The molecule has 0 aromatic rings. The van der Waals surface area contributed by atoms with Gasteiger partial charge in [0.05, 0.1) is 20.0 Å². The highest BCUT2D eigenvalue weighted by Crippen LogP contribution is 2.07. The molecule has 0 aliphatic carbocycles. The van der Waals surface area contributed by atoms with E-state index in [4.69, 9.17) is 0 Å². The Kier molecular flexibility index (Phi) is 7.89. The molecule has 0 saturated carbocycles. The highest BCUT2D eigenvalue weighted by atomic mass is 32.2. The molecule has 0 aromatic carbocycles. The number of methoxy groups -OCH3 is 2. The fourth-order valence-corrected chi connectivity index (χ4v) is 2.51. The Morgan fingerprint density at radius 1 is 1.11 bits per heavy atom. The maximum Gasteiger partial charge on any atom is 0.443 e. The number of amides is 2. The monoisotopic (exact) mass is 296 g/mol. The third-order valence-corrected chi connectivity index (χ3v) is 3.85. The smallest absolute Gasteiger partial charge is 0.443 e. The highest BCUT2D eigenvalue weighted by molar-refractivity contribution is 7.89. The number of unbranched alkanes of at least 4 members (excludes halogenated alkanes) is 3. The lowest BCUT2D eigenvalue weighted by Gasteiger charge is -2.20. The Balaban J connectivity index is 4.72. The zero-order valence-corrected chi connectivity index (χ0v) is 12.2. The van der Waals surface area contributed by atoms with Crippen molar-refractivity contribution in [3.63, 3.8) is 0 Å². The van der Waals surface area contributed by atoms with E-state index in [1.54, 1.807) is 0 Å². The van der Waals surface area contributed by atoms with E-state index < -0.39 is 22.2 Å². The molecule has 112 valence electrons. The fourth-order valence-electron chi connectivity index (χ4n) is 1.24. The van der Waals surface area contributed by atoms with Crippen LogP contribution in [-0.4, -0.2) is 45.0 Å². The number of hydrogen-bond acceptors (Lipinski definition) is 6. The summed E-state index contributed by atoms with van der Waals surface area (Å²) >= 11 is 0. The molecule has 0 saturated heterocycles. The molecule has 1 N–H and O–H groups in total. The number of nitrogens with zero attached hydrogens (tertiary/aromatic N) is 1. The van der Waals surface area contributed by atoms with Crippen LogP contribution >= 0.6 is 0 Å². The average molecular weight is 296 g/mol. The standard InChI is InChI=1S/C10H20N2O6S/c1-4-5-6-7-8-19(15,16)12(10(14)18-3)11-9(13)17-2/h4-8H2,1-3H3,(H,11,13). The predicted octanol–water partition coefficient (Wildman–Crippen LogP) is 1.24. The molecule has 0 unspecified atom stereocenters. The second kappa shape index (κ2) is 8.57. The number of hydrogen-bond donors (Lipinski definition) is 1. The number of nitrogens with one attached hydrogen (secondary N) is 1. The van der Waals surface area contributed by atoms with Crippen molar-refractivity contribution in [1.82, 2.24) is 9.84 Å². The van der Waals surface area contributed by atoms with E-state index in [1.807, 2.05) is 12.3 Å². The Labute approximate surface area is 113 Å². The number of rotatable bonds is 6. The van der Waals surface area contributed by atoms with Crippen LogP contribution in [0.15, 0.2) is 0 Å². The van der Waals surface area contributed by atoms with E-state index >= 15 is 0 Å². The molecule has 0 atom stereocenters. The Bertz CT molecular complexity index is 395. The average Bonchev–Trinajstić information content (AvgIpc) is 2.39. The van der Waals surface area contributed by atoms with E-state index in [2.05, 4.69) is 9.47 Å². The molecule has 2 amide bonds. The molecule has 0 heterocycles. The summed E-state index contributed by atoms with van der Waals surface area (Å²) in [5.74, 6) is -0.258. The van der Waals surface area contributed by atoms with E-state index in [0.717, 1.165) is 33.5 Å². The Morgan fingerprint density at radius 3 is 2.21 bits per heavy atom. The molecule has 8 nitrogen and oxygen atoms in total. The van der Waals surface area contributed by atoms with Gasteiger partial charge in [-0.15, -0.1) is 4.41 Å². The lowest BCUT2D eigenvalue weighted by Crippen LogP contribution is -2.50. The van der Waals surface area contributed by atoms with Gasteiger partial charge in [-0.1, -0.05) is 26.2 Å². The van der Waals surface area contributed by atoms with Crippen molar-refractivity contribution in [2.24, 2.45) is 0 Å². The first kappa shape index (κ1) is 17.5. The third-order valence-electron chi connectivity index (χ3n) is 2.25. The summed E-state index contributed by atoms with van der Waals surface area (Å²) < 4.78 is 32.5. The molecule has 9 heteroatoms. The first-order valence-electron chi connectivity index (χ1n) is 5.84. The molecule has 0 aliphatic rings. The van der Waals surface area contributed by atoms with E-state index in [1.165, 1.54) is 0 Å². The van der Waals surface area contributed by atoms with E-state index in [-0.39, 0.29) is 10.2 Å². The molecular weight excluding hydrogens is 276 g/mol. The van der Waals surface area contributed by atoms with Gasteiger partial charge in [-0.3, -0.25) is 0 Å². The van der Waals surface area contributed by atoms with Gasteiger partial charge in [0.2, 0.25) is 0 Å². The van der Waals surface area contributed by atoms with E-state index in [0.29, 0.717) is 6.42 Å². The second-order valence-corrected chi connectivity index (χ2v) is 5.65. The maximum absolute atomic E-state index is 11.9. The zero-order valence-electron chi connectivity index (χ0n) is 11.3. The van der Waals surface area contributed by atoms with Crippen LogP contribution in [0, 0.1) is 0 Å². The molecule has 0 bridgehead atoms. The summed E-state index contributed by atoms with van der Waals surface area (Å²) in [7, 11) is -1.90. The molecule has 0 aromatic heterocycles. The van der Waals surface area contributed by atoms with Crippen molar-refractivity contribution >= 4 is 22.2 Å². The van der Waals surface area contributed by atoms with Gasteiger partial charge in [-0.2, -0.15) is 0 Å². The summed E-state index contributed by atoms with van der Waals surface area (Å²) in [5.41, 5.74) is 1.81. The molecule has 0 fully saturated rings. The normalized spacial score (nSPS) is 10.7. The fraction of sp³-hybridized carbons (Fsp3) is 0.800. The Hall–Kier alpha value is -1.51. The van der Waals surface area contributed by atoms with Crippen LogP contribution in [0.2, 0.25) is 0 Å². The lowest BCUT2D eigenvalue weighted by molar-refractivity contribution is 0.120. The van der Waals surface area contributed by atoms with Crippen molar-refractivity contribution < 1.29 is 27.5 Å². The topological polar surface area (TPSA) is 102 Å². The van der Waals surface area contributed by atoms with Gasteiger partial charge in [0.1, 0.15) is 0 Å². The first-order valence-corrected chi connectivity index (χ1v) is 7.45. The van der Waals surface area contributed by atoms with Crippen LogP contribution in [0.1, 0.15) is 32.6 Å². The number of ether oxygens (including phenoxy) is 2. The van der Waals surface area contributed by atoms with Gasteiger partial charge in [0.15, 0.2) is 0 Å². The first-order chi connectivity index (χ1) is 8.88. The SMILES string of the molecule is CCCCCCS(=O)(=O)N(NC(=O)OC)C(=O)OC. The minimum Gasteiger partial charge on any atom is -0.452 e. The lowest BCUT2D eigenvalue weighted by atomic mass is 10.2. The highest BCUT2D eigenvalue weighted by Gasteiger charge is 2.30. The second-order valence-electron chi connectivity index (χ2n) is 3.71. The van der Waals surface area contributed by atoms with Crippen molar-refractivity contribution in [1.29, 1.82) is 0 Å². The van der Waals surface area contributed by atoms with Gasteiger partial charge in [0, 0.05) is 0 Å². The van der Waals surface area contributed by atoms with Gasteiger partial charge in [-0.25, -0.2) is 23.4 Å². The number of carbonyl (C=O) groups excluding carboxylic acids is 2. The molecule has 0 rings (SSSR count). The largest absolute Gasteiger partial charge is 0.452 e. The van der Waals surface area contributed by atoms with Crippen molar-refractivity contribution in [3.8, 4) is 0 Å². The molecule has 19 heavy (non-hydrogen) atoms. The van der Waals surface area contributed by atoms with Crippen LogP contribution in [0.4, 0.5) is 9.59 Å². The van der Waals surface area contributed by atoms with Crippen LogP contribution in [0.5, 0.6) is 0 Å². The molecule has 0 spiro atoms. The van der Waals surface area contributed by atoms with Gasteiger partial charge in [-0.05, 0) is 6.42 Å². The van der Waals surface area contributed by atoms with Crippen LogP contribution in [0.25, 0.3) is 0 Å². The molecule has 0 aliphatic heterocycles. The number of sulfonamides is 1.